The Balaban J connectivity index is 1.24. The van der Waals surface area contributed by atoms with Crippen molar-refractivity contribution in [2.24, 2.45) is 5.92 Å². The van der Waals surface area contributed by atoms with Crippen molar-refractivity contribution in [1.29, 1.82) is 0 Å². The highest BCUT2D eigenvalue weighted by atomic mass is 16.5. The predicted octanol–water partition coefficient (Wildman–Crippen LogP) is 1.63. The zero-order valence-electron chi connectivity index (χ0n) is 16.6. The summed E-state index contributed by atoms with van der Waals surface area (Å²) in [6, 6.07) is 10.9. The zero-order chi connectivity index (χ0) is 19.3. The number of carbonyl (C=O) groups is 1. The fourth-order valence-corrected chi connectivity index (χ4v) is 4.81. The SMILES string of the molecule is O=C([C@H]1CC[C@H](NC2CCOCC2)[C@@H](O)C1)N1CCN(c2ccccc2)CC1. The summed E-state index contributed by atoms with van der Waals surface area (Å²) in [4.78, 5) is 17.3. The van der Waals surface area contributed by atoms with Crippen molar-refractivity contribution < 1.29 is 14.6 Å². The quantitative estimate of drug-likeness (QED) is 0.822. The van der Waals surface area contributed by atoms with E-state index in [-0.39, 0.29) is 17.9 Å². The molecule has 28 heavy (non-hydrogen) atoms. The molecule has 3 aliphatic rings. The Morgan fingerprint density at radius 3 is 2.39 bits per heavy atom. The molecule has 1 aromatic rings. The molecular weight excluding hydrogens is 354 g/mol. The van der Waals surface area contributed by atoms with E-state index in [9.17, 15) is 9.90 Å². The maximum atomic E-state index is 13.0. The molecule has 2 saturated heterocycles. The van der Waals surface area contributed by atoms with Gasteiger partial charge < -0.3 is 25.0 Å². The lowest BCUT2D eigenvalue weighted by Gasteiger charge is -2.40. The van der Waals surface area contributed by atoms with E-state index in [2.05, 4.69) is 34.5 Å². The molecule has 4 rings (SSSR count). The lowest BCUT2D eigenvalue weighted by atomic mass is 9.82. The summed E-state index contributed by atoms with van der Waals surface area (Å²) in [5, 5.41) is 14.2. The number of carbonyl (C=O) groups excluding carboxylic acids is 1. The van der Waals surface area contributed by atoms with Crippen molar-refractivity contribution in [3.63, 3.8) is 0 Å². The first-order valence-corrected chi connectivity index (χ1v) is 10.8. The number of aliphatic hydroxyl groups excluding tert-OH is 1. The Hall–Kier alpha value is -1.63. The van der Waals surface area contributed by atoms with Crippen LogP contribution >= 0.6 is 0 Å². The Labute approximate surface area is 167 Å². The van der Waals surface area contributed by atoms with Crippen LogP contribution in [0, 0.1) is 5.92 Å². The van der Waals surface area contributed by atoms with Crippen LogP contribution in [0.5, 0.6) is 0 Å². The molecule has 2 aliphatic heterocycles. The van der Waals surface area contributed by atoms with Crippen LogP contribution in [-0.4, -0.2) is 73.5 Å². The van der Waals surface area contributed by atoms with Crippen molar-refractivity contribution in [1.82, 2.24) is 10.2 Å². The normalized spacial score (nSPS) is 29.7. The molecule has 1 saturated carbocycles. The van der Waals surface area contributed by atoms with Gasteiger partial charge in [0.25, 0.3) is 0 Å². The molecule has 1 aromatic carbocycles. The number of piperazine rings is 1. The van der Waals surface area contributed by atoms with Crippen LogP contribution in [0.1, 0.15) is 32.1 Å². The summed E-state index contributed by atoms with van der Waals surface area (Å²) in [5.74, 6) is 0.197. The number of amides is 1. The molecule has 154 valence electrons. The first kappa shape index (κ1) is 19.7. The summed E-state index contributed by atoms with van der Waals surface area (Å²) in [6.45, 7) is 4.89. The summed E-state index contributed by atoms with van der Waals surface area (Å²) in [5.41, 5.74) is 1.23. The molecule has 3 fully saturated rings. The van der Waals surface area contributed by atoms with Gasteiger partial charge >= 0.3 is 0 Å². The first-order valence-electron chi connectivity index (χ1n) is 10.8. The van der Waals surface area contributed by atoms with Gasteiger partial charge in [0.15, 0.2) is 0 Å². The highest BCUT2D eigenvalue weighted by Gasteiger charge is 2.36. The zero-order valence-corrected chi connectivity index (χ0v) is 16.6. The van der Waals surface area contributed by atoms with Crippen molar-refractivity contribution >= 4 is 11.6 Å². The van der Waals surface area contributed by atoms with Gasteiger partial charge in [0.2, 0.25) is 5.91 Å². The van der Waals surface area contributed by atoms with Gasteiger partial charge in [-0.1, -0.05) is 18.2 Å². The van der Waals surface area contributed by atoms with Gasteiger partial charge in [-0.2, -0.15) is 0 Å². The van der Waals surface area contributed by atoms with Gasteiger partial charge in [-0.15, -0.1) is 0 Å². The van der Waals surface area contributed by atoms with Gasteiger partial charge in [-0.05, 0) is 44.2 Å². The Morgan fingerprint density at radius 2 is 1.71 bits per heavy atom. The molecule has 2 heterocycles. The number of ether oxygens (including phenoxy) is 1. The summed E-state index contributed by atoms with van der Waals surface area (Å²) < 4.78 is 5.41. The van der Waals surface area contributed by atoms with E-state index in [1.807, 2.05) is 11.0 Å². The van der Waals surface area contributed by atoms with Gasteiger partial charge in [0, 0.05) is 63.1 Å². The van der Waals surface area contributed by atoms with Crippen LogP contribution in [0.4, 0.5) is 5.69 Å². The van der Waals surface area contributed by atoms with Crippen molar-refractivity contribution in [3.8, 4) is 0 Å². The van der Waals surface area contributed by atoms with Crippen molar-refractivity contribution in [2.75, 3.05) is 44.3 Å². The number of anilines is 1. The molecule has 6 heteroatoms. The highest BCUT2D eigenvalue weighted by Crippen LogP contribution is 2.28. The van der Waals surface area contributed by atoms with Gasteiger partial charge in [-0.3, -0.25) is 4.79 Å². The summed E-state index contributed by atoms with van der Waals surface area (Å²) in [6.07, 6.45) is 3.91. The van der Waals surface area contributed by atoms with Crippen molar-refractivity contribution in [2.45, 2.75) is 50.3 Å². The number of hydrogen-bond donors (Lipinski definition) is 2. The lowest BCUT2D eigenvalue weighted by molar-refractivity contribution is -0.138. The average molecular weight is 388 g/mol. The third-order valence-electron chi connectivity index (χ3n) is 6.55. The van der Waals surface area contributed by atoms with Crippen LogP contribution in [0.15, 0.2) is 30.3 Å². The first-order chi connectivity index (χ1) is 13.7. The minimum atomic E-state index is -0.434. The third-order valence-corrected chi connectivity index (χ3v) is 6.55. The number of benzene rings is 1. The number of hydrogen-bond acceptors (Lipinski definition) is 5. The number of rotatable bonds is 4. The van der Waals surface area contributed by atoms with E-state index >= 15 is 0 Å². The molecule has 1 amide bonds. The molecule has 0 unspecified atom stereocenters. The molecule has 0 bridgehead atoms. The Kier molecular flexibility index (Phi) is 6.50. The molecule has 0 spiro atoms. The second-order valence-corrected chi connectivity index (χ2v) is 8.39. The fraction of sp³-hybridized carbons (Fsp3) is 0.682. The average Bonchev–Trinajstić information content (AvgIpc) is 2.76. The predicted molar refractivity (Wildman–Crippen MR) is 109 cm³/mol. The van der Waals surface area contributed by atoms with E-state index in [1.165, 1.54) is 5.69 Å². The van der Waals surface area contributed by atoms with Gasteiger partial charge in [0.05, 0.1) is 6.10 Å². The monoisotopic (exact) mass is 387 g/mol. The van der Waals surface area contributed by atoms with Crippen LogP contribution in [0.2, 0.25) is 0 Å². The summed E-state index contributed by atoms with van der Waals surface area (Å²) >= 11 is 0. The number of aliphatic hydroxyl groups is 1. The molecule has 0 radical (unpaired) electrons. The Morgan fingerprint density at radius 1 is 1.00 bits per heavy atom. The minimum Gasteiger partial charge on any atom is -0.391 e. The van der Waals surface area contributed by atoms with Crippen LogP contribution < -0.4 is 10.2 Å². The maximum Gasteiger partial charge on any atom is 0.225 e. The minimum absolute atomic E-state index is 0.0361. The van der Waals surface area contributed by atoms with Gasteiger partial charge in [-0.25, -0.2) is 0 Å². The van der Waals surface area contributed by atoms with Gasteiger partial charge in [0.1, 0.15) is 0 Å². The number of nitrogens with zero attached hydrogens (tertiary/aromatic N) is 2. The van der Waals surface area contributed by atoms with Crippen LogP contribution in [0.25, 0.3) is 0 Å². The van der Waals surface area contributed by atoms with Crippen LogP contribution in [-0.2, 0) is 9.53 Å². The topological polar surface area (TPSA) is 65.0 Å². The third kappa shape index (κ3) is 4.67. The van der Waals surface area contributed by atoms with E-state index in [0.29, 0.717) is 12.5 Å². The maximum absolute atomic E-state index is 13.0. The van der Waals surface area contributed by atoms with E-state index in [0.717, 1.165) is 65.1 Å². The molecule has 3 atom stereocenters. The summed E-state index contributed by atoms with van der Waals surface area (Å²) in [7, 11) is 0. The molecule has 1 aliphatic carbocycles. The fourth-order valence-electron chi connectivity index (χ4n) is 4.81. The van der Waals surface area contributed by atoms with E-state index < -0.39 is 6.10 Å². The van der Waals surface area contributed by atoms with E-state index in [4.69, 9.17) is 4.74 Å². The van der Waals surface area contributed by atoms with Crippen LogP contribution in [0.3, 0.4) is 0 Å². The Bertz CT molecular complexity index is 627. The molecular formula is C22H33N3O3. The molecule has 0 aromatic heterocycles. The second kappa shape index (κ2) is 9.25. The largest absolute Gasteiger partial charge is 0.391 e. The standard InChI is InChI=1S/C22H33N3O3/c26-21-16-17(6-7-20(21)23-18-8-14-28-15-9-18)22(27)25-12-10-24(11-13-25)19-4-2-1-3-5-19/h1-5,17-18,20-21,23,26H,6-16H2/t17-,20-,21-/m0/s1. The lowest BCUT2D eigenvalue weighted by Crippen LogP contribution is -2.54. The smallest absolute Gasteiger partial charge is 0.225 e. The molecule has 2 N–H and O–H groups in total. The molecule has 6 nitrogen and oxygen atoms in total. The van der Waals surface area contributed by atoms with Crippen molar-refractivity contribution in [3.05, 3.63) is 30.3 Å². The highest BCUT2D eigenvalue weighted by molar-refractivity contribution is 5.79. The van der Waals surface area contributed by atoms with E-state index in [1.54, 1.807) is 0 Å². The second-order valence-electron chi connectivity index (χ2n) is 8.39. The number of para-hydroxylation sites is 1. The number of nitrogens with one attached hydrogen (secondary N) is 1.